The Labute approximate surface area is 155 Å². The summed E-state index contributed by atoms with van der Waals surface area (Å²) in [5.74, 6) is -2.71. The fourth-order valence-corrected chi connectivity index (χ4v) is 3.27. The van der Waals surface area contributed by atoms with Gasteiger partial charge in [-0.2, -0.15) is 0 Å². The molecule has 1 fully saturated rings. The van der Waals surface area contributed by atoms with Gasteiger partial charge < -0.3 is 9.80 Å². The molecule has 0 saturated carbocycles. The molecule has 0 aliphatic carbocycles. The molecular formula is C19H17ClF2N2O2. The molecule has 2 amide bonds. The minimum atomic E-state index is -0.823. The van der Waals surface area contributed by atoms with E-state index in [1.54, 1.807) is 19.2 Å². The zero-order chi connectivity index (χ0) is 18.8. The van der Waals surface area contributed by atoms with Crippen LogP contribution in [-0.2, 0) is 16.1 Å². The van der Waals surface area contributed by atoms with Crippen LogP contribution in [0.3, 0.4) is 0 Å². The zero-order valence-electron chi connectivity index (χ0n) is 14.1. The number of carbonyl (C=O) groups is 2. The predicted molar refractivity (Wildman–Crippen MR) is 94.7 cm³/mol. The van der Waals surface area contributed by atoms with Crippen molar-refractivity contribution in [1.29, 1.82) is 0 Å². The summed E-state index contributed by atoms with van der Waals surface area (Å²) in [6.45, 7) is 0.376. The summed E-state index contributed by atoms with van der Waals surface area (Å²) >= 11 is 6.12. The van der Waals surface area contributed by atoms with Gasteiger partial charge in [0.1, 0.15) is 11.6 Å². The van der Waals surface area contributed by atoms with Crippen LogP contribution in [-0.4, -0.2) is 30.3 Å². The Hall–Kier alpha value is -2.47. The molecule has 0 spiro atoms. The van der Waals surface area contributed by atoms with Crippen molar-refractivity contribution in [3.63, 3.8) is 0 Å². The van der Waals surface area contributed by atoms with Gasteiger partial charge in [-0.05, 0) is 23.8 Å². The van der Waals surface area contributed by atoms with E-state index in [2.05, 4.69) is 0 Å². The van der Waals surface area contributed by atoms with Gasteiger partial charge in [-0.3, -0.25) is 9.59 Å². The number of anilines is 1. The molecule has 0 aromatic heterocycles. The van der Waals surface area contributed by atoms with E-state index in [0.717, 1.165) is 17.7 Å². The Bertz CT molecular complexity index is 859. The third kappa shape index (κ3) is 3.70. The number of halogens is 3. The molecule has 1 unspecified atom stereocenters. The lowest BCUT2D eigenvalue weighted by molar-refractivity contribution is -0.135. The van der Waals surface area contributed by atoms with Crippen molar-refractivity contribution >= 4 is 29.1 Å². The van der Waals surface area contributed by atoms with E-state index in [0.29, 0.717) is 11.6 Å². The van der Waals surface area contributed by atoms with E-state index >= 15 is 0 Å². The number of carbonyl (C=O) groups excluding carboxylic acids is 2. The second-order valence-corrected chi connectivity index (χ2v) is 6.69. The first-order chi connectivity index (χ1) is 12.4. The van der Waals surface area contributed by atoms with Crippen LogP contribution in [0, 0.1) is 17.6 Å². The van der Waals surface area contributed by atoms with E-state index < -0.39 is 17.6 Å². The van der Waals surface area contributed by atoms with Crippen molar-refractivity contribution in [1.82, 2.24) is 4.90 Å². The molecule has 4 nitrogen and oxygen atoms in total. The van der Waals surface area contributed by atoms with Gasteiger partial charge in [0.15, 0.2) is 0 Å². The summed E-state index contributed by atoms with van der Waals surface area (Å²) < 4.78 is 27.0. The van der Waals surface area contributed by atoms with Crippen LogP contribution in [0.15, 0.2) is 42.5 Å². The van der Waals surface area contributed by atoms with Gasteiger partial charge >= 0.3 is 0 Å². The molecule has 7 heteroatoms. The first kappa shape index (κ1) is 18.3. The summed E-state index contributed by atoms with van der Waals surface area (Å²) in [7, 11) is 1.64. The summed E-state index contributed by atoms with van der Waals surface area (Å²) in [5, 5.41) is 0.560. The predicted octanol–water partition coefficient (Wildman–Crippen LogP) is 3.63. The Balaban J connectivity index is 1.71. The van der Waals surface area contributed by atoms with Gasteiger partial charge in [0.2, 0.25) is 11.8 Å². The third-order valence-electron chi connectivity index (χ3n) is 4.42. The number of amides is 2. The highest BCUT2D eigenvalue weighted by Crippen LogP contribution is 2.29. The molecule has 26 heavy (non-hydrogen) atoms. The molecule has 1 atom stereocenters. The van der Waals surface area contributed by atoms with Crippen LogP contribution in [0.2, 0.25) is 5.02 Å². The SMILES string of the molecule is CN(Cc1ccccc1Cl)C(=O)C1CC(=O)N(c2ccc(F)cc2F)C1. The van der Waals surface area contributed by atoms with Crippen LogP contribution in [0.5, 0.6) is 0 Å². The smallest absolute Gasteiger partial charge is 0.228 e. The fraction of sp³-hybridized carbons (Fsp3) is 0.263. The summed E-state index contributed by atoms with van der Waals surface area (Å²) in [6.07, 6.45) is -0.0114. The minimum Gasteiger partial charge on any atom is -0.341 e. The van der Waals surface area contributed by atoms with E-state index in [1.807, 2.05) is 12.1 Å². The van der Waals surface area contributed by atoms with E-state index in [-0.39, 0.29) is 30.5 Å². The molecule has 1 saturated heterocycles. The molecule has 3 rings (SSSR count). The minimum absolute atomic E-state index is 0.0114. The maximum absolute atomic E-state index is 14.0. The first-order valence-electron chi connectivity index (χ1n) is 8.10. The van der Waals surface area contributed by atoms with Crippen molar-refractivity contribution in [2.45, 2.75) is 13.0 Å². The monoisotopic (exact) mass is 378 g/mol. The van der Waals surface area contributed by atoms with Crippen molar-refractivity contribution in [3.8, 4) is 0 Å². The molecule has 2 aromatic rings. The quantitative estimate of drug-likeness (QED) is 0.815. The summed E-state index contributed by atoms with van der Waals surface area (Å²) in [6, 6.07) is 10.2. The van der Waals surface area contributed by atoms with Gasteiger partial charge in [0.25, 0.3) is 0 Å². The maximum Gasteiger partial charge on any atom is 0.228 e. The van der Waals surface area contributed by atoms with Crippen molar-refractivity contribution in [3.05, 3.63) is 64.7 Å². The lowest BCUT2D eigenvalue weighted by Gasteiger charge is -2.22. The number of nitrogens with zero attached hydrogens (tertiary/aromatic N) is 2. The van der Waals surface area contributed by atoms with Gasteiger partial charge in [-0.25, -0.2) is 8.78 Å². The Morgan fingerprint density at radius 3 is 2.69 bits per heavy atom. The van der Waals surface area contributed by atoms with Crippen LogP contribution >= 0.6 is 11.6 Å². The van der Waals surface area contributed by atoms with Crippen LogP contribution in [0.25, 0.3) is 0 Å². The molecule has 0 bridgehead atoms. The van der Waals surface area contributed by atoms with E-state index in [1.165, 1.54) is 15.9 Å². The maximum atomic E-state index is 14.0. The van der Waals surface area contributed by atoms with Crippen LogP contribution in [0.1, 0.15) is 12.0 Å². The van der Waals surface area contributed by atoms with E-state index in [4.69, 9.17) is 11.6 Å². The van der Waals surface area contributed by atoms with Gasteiger partial charge in [-0.15, -0.1) is 0 Å². The molecule has 1 heterocycles. The average Bonchev–Trinajstić information content (AvgIpc) is 2.98. The highest BCUT2D eigenvalue weighted by Gasteiger charge is 2.37. The molecule has 1 aliphatic heterocycles. The van der Waals surface area contributed by atoms with Crippen molar-refractivity contribution in [2.75, 3.05) is 18.5 Å². The molecule has 136 valence electrons. The number of rotatable bonds is 4. The second kappa shape index (κ2) is 7.41. The summed E-state index contributed by atoms with van der Waals surface area (Å²) in [5.41, 5.74) is 0.788. The third-order valence-corrected chi connectivity index (χ3v) is 4.79. The van der Waals surface area contributed by atoms with E-state index in [9.17, 15) is 18.4 Å². The Kier molecular flexibility index (Phi) is 5.23. The zero-order valence-corrected chi connectivity index (χ0v) is 14.8. The Morgan fingerprint density at radius 2 is 2.00 bits per heavy atom. The van der Waals surface area contributed by atoms with Crippen molar-refractivity contribution in [2.24, 2.45) is 5.92 Å². The highest BCUT2D eigenvalue weighted by atomic mass is 35.5. The lowest BCUT2D eigenvalue weighted by atomic mass is 10.1. The van der Waals surface area contributed by atoms with Crippen LogP contribution < -0.4 is 4.90 Å². The average molecular weight is 379 g/mol. The second-order valence-electron chi connectivity index (χ2n) is 6.29. The summed E-state index contributed by atoms with van der Waals surface area (Å²) in [4.78, 5) is 27.6. The molecule has 0 radical (unpaired) electrons. The molecule has 0 N–H and O–H groups in total. The van der Waals surface area contributed by atoms with Gasteiger partial charge in [-0.1, -0.05) is 29.8 Å². The fourth-order valence-electron chi connectivity index (χ4n) is 3.08. The van der Waals surface area contributed by atoms with Crippen LogP contribution in [0.4, 0.5) is 14.5 Å². The number of hydrogen-bond donors (Lipinski definition) is 0. The number of benzene rings is 2. The van der Waals surface area contributed by atoms with Gasteiger partial charge in [0.05, 0.1) is 11.6 Å². The Morgan fingerprint density at radius 1 is 1.27 bits per heavy atom. The largest absolute Gasteiger partial charge is 0.341 e. The van der Waals surface area contributed by atoms with Gasteiger partial charge in [0, 0.05) is 37.6 Å². The van der Waals surface area contributed by atoms with Crippen molar-refractivity contribution < 1.29 is 18.4 Å². The standard InChI is InChI=1S/C19H17ClF2N2O2/c1-23(10-12-4-2-3-5-15(12)20)19(26)13-8-18(25)24(11-13)17-7-6-14(21)9-16(17)22/h2-7,9,13H,8,10-11H2,1H3. The molecule has 1 aliphatic rings. The number of hydrogen-bond acceptors (Lipinski definition) is 2. The topological polar surface area (TPSA) is 40.6 Å². The lowest BCUT2D eigenvalue weighted by Crippen LogP contribution is -2.34. The first-order valence-corrected chi connectivity index (χ1v) is 8.48. The molecular weight excluding hydrogens is 362 g/mol. The highest BCUT2D eigenvalue weighted by molar-refractivity contribution is 6.31. The molecule has 2 aromatic carbocycles. The normalized spacial score (nSPS) is 16.8.